The van der Waals surface area contributed by atoms with E-state index < -0.39 is 10.0 Å². The topological polar surface area (TPSA) is 93.3 Å². The maximum absolute atomic E-state index is 11.3. The predicted molar refractivity (Wildman–Crippen MR) is 75.4 cm³/mol. The zero-order valence-corrected chi connectivity index (χ0v) is 12.5. The largest absolute Gasteiger partial charge is 0.507 e. The minimum Gasteiger partial charge on any atom is -0.507 e. The third kappa shape index (κ3) is 3.06. The van der Waals surface area contributed by atoms with Gasteiger partial charge in [0, 0.05) is 21.8 Å². The molecule has 100 valence electrons. The lowest BCUT2D eigenvalue weighted by molar-refractivity contribution is 0.477. The number of hydrogen-bond donors (Lipinski definition) is 2. The van der Waals surface area contributed by atoms with Gasteiger partial charge in [0.05, 0.1) is 4.90 Å². The molecule has 0 saturated carbocycles. The third-order valence-electron chi connectivity index (χ3n) is 2.39. The monoisotopic (exact) mass is 362 g/mol. The summed E-state index contributed by atoms with van der Waals surface area (Å²) in [6.45, 7) is 0. The summed E-state index contributed by atoms with van der Waals surface area (Å²) in [6.07, 6.45) is 1.49. The molecule has 5 nitrogen and oxygen atoms in total. The van der Waals surface area contributed by atoms with Crippen molar-refractivity contribution >= 4 is 37.6 Å². The number of nitrogens with zero attached hydrogens (tertiary/aromatic N) is 1. The molecule has 0 bridgehead atoms. The van der Waals surface area contributed by atoms with Gasteiger partial charge in [-0.05, 0) is 40.2 Å². The van der Waals surface area contributed by atoms with Crippen LogP contribution in [-0.4, -0.2) is 18.5 Å². The van der Waals surface area contributed by atoms with Crippen molar-refractivity contribution in [1.82, 2.24) is 4.98 Å². The quantitative estimate of drug-likeness (QED) is 0.802. The molecule has 0 aliphatic rings. The number of sulfonamides is 1. The van der Waals surface area contributed by atoms with Gasteiger partial charge in [0.15, 0.2) is 0 Å². The SMILES string of the molecule is NS(=O)(=O)c1ccc(O)c(-c2cc(Br)cnc2Cl)c1. The van der Waals surface area contributed by atoms with E-state index in [9.17, 15) is 13.5 Å². The lowest BCUT2D eigenvalue weighted by atomic mass is 10.1. The summed E-state index contributed by atoms with van der Waals surface area (Å²) in [5.74, 6) is -0.116. The summed E-state index contributed by atoms with van der Waals surface area (Å²) in [4.78, 5) is 3.80. The van der Waals surface area contributed by atoms with Gasteiger partial charge in [-0.3, -0.25) is 0 Å². The summed E-state index contributed by atoms with van der Waals surface area (Å²) in [7, 11) is -3.86. The molecule has 1 aromatic carbocycles. The van der Waals surface area contributed by atoms with Gasteiger partial charge in [0.1, 0.15) is 10.9 Å². The molecule has 0 atom stereocenters. The highest BCUT2D eigenvalue weighted by Crippen LogP contribution is 2.35. The van der Waals surface area contributed by atoms with E-state index in [-0.39, 0.29) is 21.4 Å². The van der Waals surface area contributed by atoms with Gasteiger partial charge in [-0.15, -0.1) is 0 Å². The van der Waals surface area contributed by atoms with Crippen LogP contribution in [0.2, 0.25) is 5.15 Å². The number of phenols is 1. The Morgan fingerprint density at radius 1 is 1.26 bits per heavy atom. The first kappa shape index (κ1) is 14.3. The number of phenolic OH excluding ortho intramolecular Hbond substituents is 1. The van der Waals surface area contributed by atoms with Crippen molar-refractivity contribution in [2.24, 2.45) is 5.14 Å². The van der Waals surface area contributed by atoms with Crippen LogP contribution in [0.5, 0.6) is 5.75 Å². The summed E-state index contributed by atoms with van der Waals surface area (Å²) in [6, 6.07) is 5.33. The highest BCUT2D eigenvalue weighted by molar-refractivity contribution is 9.10. The summed E-state index contributed by atoms with van der Waals surface area (Å²) in [5.41, 5.74) is 0.643. The molecule has 0 radical (unpaired) electrons. The van der Waals surface area contributed by atoms with Crippen molar-refractivity contribution < 1.29 is 13.5 Å². The number of aromatic nitrogens is 1. The molecular weight excluding hydrogens is 356 g/mol. The van der Waals surface area contributed by atoms with Crippen LogP contribution in [0.25, 0.3) is 11.1 Å². The Kier molecular flexibility index (Phi) is 3.82. The highest BCUT2D eigenvalue weighted by Gasteiger charge is 2.15. The molecule has 1 aromatic heterocycles. The molecule has 1 heterocycles. The van der Waals surface area contributed by atoms with Crippen molar-refractivity contribution in [3.05, 3.63) is 40.1 Å². The standard InChI is InChI=1S/C11H8BrClN2O3S/c12-6-3-9(11(13)15-5-6)8-4-7(19(14,17)18)1-2-10(8)16/h1-5,16H,(H2,14,17,18). The van der Waals surface area contributed by atoms with Crippen LogP contribution >= 0.6 is 27.5 Å². The Labute approximate surface area is 123 Å². The van der Waals surface area contributed by atoms with E-state index in [4.69, 9.17) is 16.7 Å². The van der Waals surface area contributed by atoms with E-state index in [1.54, 1.807) is 6.07 Å². The molecule has 0 aliphatic carbocycles. The molecule has 8 heteroatoms. The summed E-state index contributed by atoms with van der Waals surface area (Å²) < 4.78 is 23.3. The van der Waals surface area contributed by atoms with Crippen LogP contribution in [0.4, 0.5) is 0 Å². The number of hydrogen-bond acceptors (Lipinski definition) is 4. The zero-order valence-electron chi connectivity index (χ0n) is 9.34. The van der Waals surface area contributed by atoms with Crippen LogP contribution < -0.4 is 5.14 Å². The fourth-order valence-electron chi connectivity index (χ4n) is 1.52. The van der Waals surface area contributed by atoms with Gasteiger partial charge in [0.2, 0.25) is 10.0 Å². The molecule has 0 fully saturated rings. The van der Waals surface area contributed by atoms with Crippen molar-refractivity contribution in [1.29, 1.82) is 0 Å². The van der Waals surface area contributed by atoms with E-state index in [2.05, 4.69) is 20.9 Å². The Hall–Kier alpha value is -1.15. The van der Waals surface area contributed by atoms with E-state index >= 15 is 0 Å². The van der Waals surface area contributed by atoms with Crippen molar-refractivity contribution in [3.8, 4) is 16.9 Å². The first-order valence-corrected chi connectivity index (χ1v) is 7.68. The van der Waals surface area contributed by atoms with Gasteiger partial charge >= 0.3 is 0 Å². The van der Waals surface area contributed by atoms with E-state index in [0.29, 0.717) is 10.0 Å². The lowest BCUT2D eigenvalue weighted by Gasteiger charge is -2.08. The number of aromatic hydroxyl groups is 1. The summed E-state index contributed by atoms with van der Waals surface area (Å²) in [5, 5.41) is 15.0. The second-order valence-electron chi connectivity index (χ2n) is 3.72. The third-order valence-corrected chi connectivity index (χ3v) is 4.04. The van der Waals surface area contributed by atoms with Gasteiger partial charge in [0.25, 0.3) is 0 Å². The number of nitrogens with two attached hydrogens (primary N) is 1. The first-order chi connectivity index (χ1) is 8.79. The van der Waals surface area contributed by atoms with Crippen LogP contribution in [0.1, 0.15) is 0 Å². The smallest absolute Gasteiger partial charge is 0.238 e. The average Bonchev–Trinajstić information content (AvgIpc) is 2.32. The lowest BCUT2D eigenvalue weighted by Crippen LogP contribution is -2.12. The van der Waals surface area contributed by atoms with E-state index in [0.717, 1.165) is 0 Å². The Morgan fingerprint density at radius 2 is 1.95 bits per heavy atom. The number of halogens is 2. The average molecular weight is 364 g/mol. The molecule has 0 spiro atoms. The van der Waals surface area contributed by atoms with Crippen LogP contribution in [0.15, 0.2) is 39.8 Å². The molecule has 0 aliphatic heterocycles. The molecule has 19 heavy (non-hydrogen) atoms. The fraction of sp³-hybridized carbons (Fsp3) is 0. The first-order valence-electron chi connectivity index (χ1n) is 4.96. The van der Waals surface area contributed by atoms with E-state index in [1.807, 2.05) is 0 Å². The molecule has 2 rings (SSSR count). The predicted octanol–water partition coefficient (Wildman–Crippen LogP) is 2.52. The zero-order chi connectivity index (χ0) is 14.2. The minimum absolute atomic E-state index is 0.114. The number of primary sulfonamides is 1. The van der Waals surface area contributed by atoms with Gasteiger partial charge < -0.3 is 5.11 Å². The van der Waals surface area contributed by atoms with Gasteiger partial charge in [-0.1, -0.05) is 11.6 Å². The second-order valence-corrected chi connectivity index (χ2v) is 6.55. The Bertz CT molecular complexity index is 750. The number of benzene rings is 1. The van der Waals surface area contributed by atoms with Crippen molar-refractivity contribution in [2.45, 2.75) is 4.90 Å². The van der Waals surface area contributed by atoms with Crippen LogP contribution in [-0.2, 0) is 10.0 Å². The summed E-state index contributed by atoms with van der Waals surface area (Å²) >= 11 is 9.18. The molecule has 0 unspecified atom stereocenters. The van der Waals surface area contributed by atoms with Gasteiger partial charge in [-0.25, -0.2) is 18.5 Å². The van der Waals surface area contributed by atoms with Crippen LogP contribution in [0.3, 0.4) is 0 Å². The molecule has 2 aromatic rings. The Balaban J connectivity index is 2.71. The van der Waals surface area contributed by atoms with Gasteiger partial charge in [-0.2, -0.15) is 0 Å². The maximum atomic E-state index is 11.3. The maximum Gasteiger partial charge on any atom is 0.238 e. The normalized spacial score (nSPS) is 11.5. The fourth-order valence-corrected chi connectivity index (χ4v) is 2.60. The number of pyridine rings is 1. The van der Waals surface area contributed by atoms with Crippen molar-refractivity contribution in [3.63, 3.8) is 0 Å². The van der Waals surface area contributed by atoms with Crippen molar-refractivity contribution in [2.75, 3.05) is 0 Å². The highest BCUT2D eigenvalue weighted by atomic mass is 79.9. The second kappa shape index (κ2) is 5.09. The number of rotatable bonds is 2. The molecular formula is C11H8BrClN2O3S. The molecule has 0 saturated heterocycles. The van der Waals surface area contributed by atoms with E-state index in [1.165, 1.54) is 24.4 Å². The minimum atomic E-state index is -3.86. The molecule has 0 amide bonds. The molecule has 3 N–H and O–H groups in total. The van der Waals surface area contributed by atoms with Crippen LogP contribution in [0, 0.1) is 0 Å². The Morgan fingerprint density at radius 3 is 2.58 bits per heavy atom.